The normalized spacial score (nSPS) is 20.2. The van der Waals surface area contributed by atoms with Gasteiger partial charge in [0, 0.05) is 25.7 Å². The van der Waals surface area contributed by atoms with Crippen LogP contribution >= 0.6 is 15.9 Å². The number of anilines is 1. The van der Waals surface area contributed by atoms with Gasteiger partial charge in [-0.2, -0.15) is 5.10 Å². The van der Waals surface area contributed by atoms with E-state index in [9.17, 15) is 4.79 Å². The summed E-state index contributed by atoms with van der Waals surface area (Å²) in [4.78, 5) is 14.3. The predicted molar refractivity (Wildman–Crippen MR) is 75.9 cm³/mol. The first-order chi connectivity index (χ1) is 8.69. The molecule has 0 bridgehead atoms. The first kappa shape index (κ1) is 13.5. The number of nitrogens with zero attached hydrogens (tertiary/aromatic N) is 3. The molecule has 0 aliphatic carbocycles. The molecule has 1 aliphatic heterocycles. The third kappa shape index (κ3) is 2.44. The SMILES string of the molecule is CCn1ncc(N2CCCCC2CN)c(Br)c1=O. The second kappa shape index (κ2) is 5.84. The molecule has 1 aromatic rings. The lowest BCUT2D eigenvalue weighted by atomic mass is 10.0. The maximum Gasteiger partial charge on any atom is 0.283 e. The number of rotatable bonds is 3. The van der Waals surface area contributed by atoms with Gasteiger partial charge in [0.25, 0.3) is 5.56 Å². The molecule has 1 saturated heterocycles. The van der Waals surface area contributed by atoms with Crippen LogP contribution in [0.3, 0.4) is 0 Å². The minimum Gasteiger partial charge on any atom is -0.365 e. The van der Waals surface area contributed by atoms with Gasteiger partial charge in [-0.05, 0) is 42.1 Å². The second-order valence-electron chi connectivity index (χ2n) is 4.54. The van der Waals surface area contributed by atoms with Gasteiger partial charge in [-0.15, -0.1) is 0 Å². The van der Waals surface area contributed by atoms with Crippen LogP contribution in [0.15, 0.2) is 15.5 Å². The smallest absolute Gasteiger partial charge is 0.283 e. The van der Waals surface area contributed by atoms with Crippen molar-refractivity contribution in [3.63, 3.8) is 0 Å². The summed E-state index contributed by atoms with van der Waals surface area (Å²) in [6, 6.07) is 0.314. The third-order valence-electron chi connectivity index (χ3n) is 3.47. The van der Waals surface area contributed by atoms with E-state index in [2.05, 4.69) is 25.9 Å². The molecule has 100 valence electrons. The lowest BCUT2D eigenvalue weighted by molar-refractivity contribution is 0.462. The average molecular weight is 315 g/mol. The Kier molecular flexibility index (Phi) is 4.40. The molecule has 0 radical (unpaired) electrons. The Morgan fingerprint density at radius 1 is 1.56 bits per heavy atom. The molecule has 5 nitrogen and oxygen atoms in total. The van der Waals surface area contributed by atoms with Crippen molar-refractivity contribution in [2.75, 3.05) is 18.0 Å². The molecule has 6 heteroatoms. The highest BCUT2D eigenvalue weighted by molar-refractivity contribution is 9.10. The summed E-state index contributed by atoms with van der Waals surface area (Å²) >= 11 is 3.41. The Bertz CT molecular complexity index is 474. The van der Waals surface area contributed by atoms with Crippen molar-refractivity contribution in [1.29, 1.82) is 0 Å². The van der Waals surface area contributed by atoms with E-state index >= 15 is 0 Å². The average Bonchev–Trinajstić information content (AvgIpc) is 2.42. The molecule has 0 spiro atoms. The zero-order valence-electron chi connectivity index (χ0n) is 10.6. The molecule has 0 aromatic carbocycles. The molecular formula is C12H19BrN4O. The molecule has 18 heavy (non-hydrogen) atoms. The van der Waals surface area contributed by atoms with Gasteiger partial charge in [0.05, 0.1) is 11.9 Å². The fraction of sp³-hybridized carbons (Fsp3) is 0.667. The lowest BCUT2D eigenvalue weighted by Crippen LogP contribution is -2.45. The number of hydrogen-bond donors (Lipinski definition) is 1. The van der Waals surface area contributed by atoms with Gasteiger partial charge >= 0.3 is 0 Å². The topological polar surface area (TPSA) is 64.2 Å². The lowest BCUT2D eigenvalue weighted by Gasteiger charge is -2.37. The molecule has 1 unspecified atom stereocenters. The van der Waals surface area contributed by atoms with Crippen LogP contribution in [0.1, 0.15) is 26.2 Å². The summed E-state index contributed by atoms with van der Waals surface area (Å²) in [5, 5.41) is 4.19. The van der Waals surface area contributed by atoms with Crippen molar-refractivity contribution >= 4 is 21.6 Å². The van der Waals surface area contributed by atoms with Crippen LogP contribution in [0.5, 0.6) is 0 Å². The summed E-state index contributed by atoms with van der Waals surface area (Å²) in [5.74, 6) is 0. The van der Waals surface area contributed by atoms with Gasteiger partial charge in [0.2, 0.25) is 0 Å². The summed E-state index contributed by atoms with van der Waals surface area (Å²) in [7, 11) is 0. The third-order valence-corrected chi connectivity index (χ3v) is 4.22. The van der Waals surface area contributed by atoms with Crippen LogP contribution in [0.4, 0.5) is 5.69 Å². The second-order valence-corrected chi connectivity index (χ2v) is 5.34. The molecule has 0 amide bonds. The molecule has 1 aliphatic rings. The maximum absolute atomic E-state index is 12.1. The molecule has 1 fully saturated rings. The molecule has 2 heterocycles. The van der Waals surface area contributed by atoms with Crippen molar-refractivity contribution in [1.82, 2.24) is 9.78 Å². The summed E-state index contributed by atoms with van der Waals surface area (Å²) in [6.45, 7) is 4.04. The summed E-state index contributed by atoms with van der Waals surface area (Å²) in [5.41, 5.74) is 6.62. The molecule has 2 rings (SSSR count). The highest BCUT2D eigenvalue weighted by atomic mass is 79.9. The predicted octanol–water partition coefficient (Wildman–Crippen LogP) is 1.34. The Labute approximate surface area is 115 Å². The number of aromatic nitrogens is 2. The van der Waals surface area contributed by atoms with E-state index in [0.29, 0.717) is 23.6 Å². The summed E-state index contributed by atoms with van der Waals surface area (Å²) in [6.07, 6.45) is 5.19. The van der Waals surface area contributed by atoms with Gasteiger partial charge in [0.15, 0.2) is 0 Å². The van der Waals surface area contributed by atoms with Crippen molar-refractivity contribution in [2.45, 2.75) is 38.8 Å². The first-order valence-electron chi connectivity index (χ1n) is 6.41. The monoisotopic (exact) mass is 314 g/mol. The van der Waals surface area contributed by atoms with Gasteiger partial charge in [0.1, 0.15) is 4.47 Å². The van der Waals surface area contributed by atoms with Crippen LogP contribution in [0.25, 0.3) is 0 Å². The van der Waals surface area contributed by atoms with E-state index in [0.717, 1.165) is 25.1 Å². The minimum absolute atomic E-state index is 0.0728. The number of hydrogen-bond acceptors (Lipinski definition) is 4. The quantitative estimate of drug-likeness (QED) is 0.914. The molecule has 2 N–H and O–H groups in total. The largest absolute Gasteiger partial charge is 0.365 e. The van der Waals surface area contributed by atoms with E-state index in [1.165, 1.54) is 11.1 Å². The van der Waals surface area contributed by atoms with Crippen LogP contribution in [-0.2, 0) is 6.54 Å². The fourth-order valence-electron chi connectivity index (χ4n) is 2.44. The van der Waals surface area contributed by atoms with Crippen molar-refractivity contribution in [3.05, 3.63) is 21.0 Å². The van der Waals surface area contributed by atoms with Crippen LogP contribution in [-0.4, -0.2) is 28.9 Å². The number of halogens is 1. The van der Waals surface area contributed by atoms with E-state index < -0.39 is 0 Å². The Morgan fingerprint density at radius 2 is 2.33 bits per heavy atom. The molecular weight excluding hydrogens is 296 g/mol. The Hall–Kier alpha value is -0.880. The van der Waals surface area contributed by atoms with Gasteiger partial charge in [-0.3, -0.25) is 4.79 Å². The van der Waals surface area contributed by atoms with Gasteiger partial charge in [-0.1, -0.05) is 0 Å². The molecule has 1 atom stereocenters. The number of nitrogens with two attached hydrogens (primary N) is 1. The van der Waals surface area contributed by atoms with Gasteiger partial charge in [-0.25, -0.2) is 4.68 Å². The zero-order valence-corrected chi connectivity index (χ0v) is 12.2. The van der Waals surface area contributed by atoms with Crippen molar-refractivity contribution in [3.8, 4) is 0 Å². The van der Waals surface area contributed by atoms with Crippen molar-refractivity contribution < 1.29 is 0 Å². The highest BCUT2D eigenvalue weighted by Crippen LogP contribution is 2.28. The van der Waals surface area contributed by atoms with Crippen LogP contribution < -0.4 is 16.2 Å². The molecule has 0 saturated carbocycles. The highest BCUT2D eigenvalue weighted by Gasteiger charge is 2.24. The van der Waals surface area contributed by atoms with E-state index in [4.69, 9.17) is 5.73 Å². The maximum atomic E-state index is 12.1. The van der Waals surface area contributed by atoms with Crippen LogP contribution in [0.2, 0.25) is 0 Å². The van der Waals surface area contributed by atoms with E-state index in [1.807, 2.05) is 6.92 Å². The molecule has 1 aromatic heterocycles. The fourth-order valence-corrected chi connectivity index (χ4v) is 2.98. The first-order valence-corrected chi connectivity index (χ1v) is 7.20. The van der Waals surface area contributed by atoms with Crippen LogP contribution in [0, 0.1) is 0 Å². The Morgan fingerprint density at radius 3 is 3.00 bits per heavy atom. The zero-order chi connectivity index (χ0) is 13.1. The van der Waals surface area contributed by atoms with E-state index in [1.54, 1.807) is 6.20 Å². The number of aryl methyl sites for hydroxylation is 1. The standard InChI is InChI=1S/C12H19BrN4O/c1-2-17-12(18)11(13)10(8-15-17)16-6-4-3-5-9(16)7-14/h8-9H,2-7,14H2,1H3. The number of piperidine rings is 1. The van der Waals surface area contributed by atoms with E-state index in [-0.39, 0.29) is 5.56 Å². The van der Waals surface area contributed by atoms with Gasteiger partial charge < -0.3 is 10.6 Å². The summed E-state index contributed by atoms with van der Waals surface area (Å²) < 4.78 is 2.05. The minimum atomic E-state index is -0.0728. The Balaban J connectivity index is 2.38. The van der Waals surface area contributed by atoms with Crippen molar-refractivity contribution in [2.24, 2.45) is 5.73 Å².